The van der Waals surface area contributed by atoms with Gasteiger partial charge in [0, 0.05) is 17.9 Å². The zero-order valence-electron chi connectivity index (χ0n) is 14.4. The van der Waals surface area contributed by atoms with Gasteiger partial charge in [0.05, 0.1) is 18.0 Å². The molecular formula is C20H20N2O2S. The number of fused-ring (bicyclic) bond motifs is 1. The Kier molecular flexibility index (Phi) is 5.24. The molecule has 0 radical (unpaired) electrons. The van der Waals surface area contributed by atoms with Gasteiger partial charge in [0.15, 0.2) is 5.16 Å². The van der Waals surface area contributed by atoms with Crippen LogP contribution in [0.3, 0.4) is 0 Å². The minimum Gasteiger partial charge on any atom is -0.496 e. The molecule has 4 nitrogen and oxygen atoms in total. The van der Waals surface area contributed by atoms with Crippen molar-refractivity contribution in [2.45, 2.75) is 24.4 Å². The molecule has 3 rings (SSSR count). The smallest absolute Gasteiger partial charge is 0.262 e. The Balaban J connectivity index is 2.01. The monoisotopic (exact) mass is 352 g/mol. The molecule has 0 saturated heterocycles. The van der Waals surface area contributed by atoms with Crippen LogP contribution in [0.2, 0.25) is 0 Å². The summed E-state index contributed by atoms with van der Waals surface area (Å²) in [5.41, 5.74) is 2.93. The molecule has 2 aromatic carbocycles. The van der Waals surface area contributed by atoms with Crippen LogP contribution >= 0.6 is 11.8 Å². The fraction of sp³-hybridized carbons (Fsp3) is 0.200. The van der Waals surface area contributed by atoms with Gasteiger partial charge in [-0.2, -0.15) is 0 Å². The summed E-state index contributed by atoms with van der Waals surface area (Å²) in [6, 6.07) is 13.5. The molecule has 0 N–H and O–H groups in total. The number of nitrogens with zero attached hydrogens (tertiary/aromatic N) is 2. The summed E-state index contributed by atoms with van der Waals surface area (Å²) in [6.45, 7) is 6.24. The maximum Gasteiger partial charge on any atom is 0.262 e. The topological polar surface area (TPSA) is 44.1 Å². The molecule has 25 heavy (non-hydrogen) atoms. The molecule has 0 amide bonds. The van der Waals surface area contributed by atoms with Crippen molar-refractivity contribution in [2.24, 2.45) is 0 Å². The Morgan fingerprint density at radius 3 is 2.84 bits per heavy atom. The van der Waals surface area contributed by atoms with Crippen LogP contribution in [0.25, 0.3) is 10.9 Å². The third-order valence-electron chi connectivity index (χ3n) is 3.93. The van der Waals surface area contributed by atoms with Gasteiger partial charge in [-0.3, -0.25) is 9.36 Å². The summed E-state index contributed by atoms with van der Waals surface area (Å²) >= 11 is 1.53. The molecule has 0 fully saturated rings. The largest absolute Gasteiger partial charge is 0.496 e. The normalized spacial score (nSPS) is 10.8. The molecule has 0 aliphatic heterocycles. The minimum absolute atomic E-state index is 0.0378. The zero-order chi connectivity index (χ0) is 17.8. The SMILES string of the molecule is C=CCn1c(SCc2cc(C)ccc2OC)nc2ccccc2c1=O. The van der Waals surface area contributed by atoms with Crippen molar-refractivity contribution >= 4 is 22.7 Å². The van der Waals surface area contributed by atoms with E-state index in [0.717, 1.165) is 11.3 Å². The Labute approximate surface area is 151 Å². The highest BCUT2D eigenvalue weighted by atomic mass is 32.2. The number of benzene rings is 2. The first kappa shape index (κ1) is 17.3. The van der Waals surface area contributed by atoms with Crippen molar-refractivity contribution in [3.63, 3.8) is 0 Å². The van der Waals surface area contributed by atoms with Gasteiger partial charge in [-0.25, -0.2) is 4.98 Å². The van der Waals surface area contributed by atoms with E-state index in [1.54, 1.807) is 17.8 Å². The van der Waals surface area contributed by atoms with E-state index in [-0.39, 0.29) is 5.56 Å². The Morgan fingerprint density at radius 1 is 1.28 bits per heavy atom. The predicted molar refractivity (Wildman–Crippen MR) is 103 cm³/mol. The highest BCUT2D eigenvalue weighted by molar-refractivity contribution is 7.98. The summed E-state index contributed by atoms with van der Waals surface area (Å²) < 4.78 is 7.11. The van der Waals surface area contributed by atoms with Crippen LogP contribution in [0.5, 0.6) is 5.75 Å². The third-order valence-corrected chi connectivity index (χ3v) is 4.96. The van der Waals surface area contributed by atoms with Crippen LogP contribution in [-0.4, -0.2) is 16.7 Å². The van der Waals surface area contributed by atoms with E-state index in [4.69, 9.17) is 4.74 Å². The number of thioether (sulfide) groups is 1. The van der Waals surface area contributed by atoms with Crippen molar-refractivity contribution in [1.82, 2.24) is 9.55 Å². The van der Waals surface area contributed by atoms with Gasteiger partial charge in [-0.05, 0) is 25.1 Å². The second-order valence-corrected chi connectivity index (χ2v) is 6.66. The molecule has 0 saturated carbocycles. The van der Waals surface area contributed by atoms with Gasteiger partial charge < -0.3 is 4.74 Å². The lowest BCUT2D eigenvalue weighted by Gasteiger charge is -2.13. The highest BCUT2D eigenvalue weighted by Crippen LogP contribution is 2.28. The van der Waals surface area contributed by atoms with Gasteiger partial charge in [-0.1, -0.05) is 47.7 Å². The molecular weight excluding hydrogens is 332 g/mol. The Hall–Kier alpha value is -2.53. The third kappa shape index (κ3) is 3.61. The summed E-state index contributed by atoms with van der Waals surface area (Å²) in [5.74, 6) is 1.52. The maximum atomic E-state index is 12.8. The molecule has 1 heterocycles. The lowest BCUT2D eigenvalue weighted by molar-refractivity contribution is 0.411. The summed E-state index contributed by atoms with van der Waals surface area (Å²) in [7, 11) is 1.67. The first-order valence-electron chi connectivity index (χ1n) is 8.01. The fourth-order valence-corrected chi connectivity index (χ4v) is 3.70. The number of hydrogen-bond acceptors (Lipinski definition) is 4. The van der Waals surface area contributed by atoms with E-state index >= 15 is 0 Å². The molecule has 0 aliphatic carbocycles. The van der Waals surface area contributed by atoms with E-state index in [2.05, 4.69) is 24.6 Å². The van der Waals surface area contributed by atoms with E-state index < -0.39 is 0 Å². The van der Waals surface area contributed by atoms with E-state index in [9.17, 15) is 4.79 Å². The predicted octanol–water partition coefficient (Wildman–Crippen LogP) is 4.19. The lowest BCUT2D eigenvalue weighted by atomic mass is 10.1. The minimum atomic E-state index is -0.0378. The van der Waals surface area contributed by atoms with Crippen LogP contribution in [0.15, 0.2) is 65.1 Å². The number of rotatable bonds is 6. The van der Waals surface area contributed by atoms with Gasteiger partial charge in [0.1, 0.15) is 5.75 Å². The summed E-state index contributed by atoms with van der Waals surface area (Å²) in [5, 5.41) is 1.31. The average Bonchev–Trinajstić information content (AvgIpc) is 2.63. The van der Waals surface area contributed by atoms with Gasteiger partial charge in [-0.15, -0.1) is 6.58 Å². The van der Waals surface area contributed by atoms with E-state index in [1.165, 1.54) is 17.3 Å². The molecule has 128 valence electrons. The van der Waals surface area contributed by atoms with Gasteiger partial charge in [0.25, 0.3) is 5.56 Å². The molecule has 3 aromatic rings. The van der Waals surface area contributed by atoms with Crippen LogP contribution in [0.4, 0.5) is 0 Å². The van der Waals surface area contributed by atoms with Crippen LogP contribution in [0.1, 0.15) is 11.1 Å². The number of aromatic nitrogens is 2. The highest BCUT2D eigenvalue weighted by Gasteiger charge is 2.12. The summed E-state index contributed by atoms with van der Waals surface area (Å²) in [6.07, 6.45) is 1.72. The molecule has 0 bridgehead atoms. The number of para-hydroxylation sites is 1. The average molecular weight is 352 g/mol. The second-order valence-electron chi connectivity index (χ2n) is 5.72. The van der Waals surface area contributed by atoms with Crippen LogP contribution in [0, 0.1) is 6.92 Å². The van der Waals surface area contributed by atoms with E-state index in [1.807, 2.05) is 36.4 Å². The molecule has 1 aromatic heterocycles. The second kappa shape index (κ2) is 7.57. The first-order valence-corrected chi connectivity index (χ1v) is 8.99. The van der Waals surface area contributed by atoms with Crippen molar-refractivity contribution in [3.8, 4) is 5.75 Å². The van der Waals surface area contributed by atoms with Gasteiger partial charge >= 0.3 is 0 Å². The Morgan fingerprint density at radius 2 is 2.08 bits per heavy atom. The number of hydrogen-bond donors (Lipinski definition) is 0. The lowest BCUT2D eigenvalue weighted by Crippen LogP contribution is -2.22. The van der Waals surface area contributed by atoms with Crippen LogP contribution in [-0.2, 0) is 12.3 Å². The van der Waals surface area contributed by atoms with Crippen molar-refractivity contribution in [3.05, 3.63) is 76.6 Å². The molecule has 0 spiro atoms. The summed E-state index contributed by atoms with van der Waals surface area (Å²) in [4.78, 5) is 17.4. The standard InChI is InChI=1S/C20H20N2O2S/c1-4-11-22-19(23)16-7-5-6-8-17(16)21-20(22)25-13-15-12-14(2)9-10-18(15)24-3/h4-10,12H,1,11,13H2,2-3H3. The number of allylic oxidation sites excluding steroid dienone is 1. The Bertz CT molecular complexity index is 979. The number of ether oxygens (including phenoxy) is 1. The molecule has 0 aliphatic rings. The van der Waals surface area contributed by atoms with E-state index in [0.29, 0.717) is 28.4 Å². The fourth-order valence-electron chi connectivity index (χ4n) is 2.71. The maximum absolute atomic E-state index is 12.8. The molecule has 0 atom stereocenters. The van der Waals surface area contributed by atoms with Gasteiger partial charge in [0.2, 0.25) is 0 Å². The van der Waals surface area contributed by atoms with Crippen LogP contribution < -0.4 is 10.3 Å². The quantitative estimate of drug-likeness (QED) is 0.379. The molecule has 5 heteroatoms. The molecule has 0 unspecified atom stereocenters. The van der Waals surface area contributed by atoms with Crippen molar-refractivity contribution < 1.29 is 4.74 Å². The zero-order valence-corrected chi connectivity index (χ0v) is 15.2. The van der Waals surface area contributed by atoms with Crippen molar-refractivity contribution in [2.75, 3.05) is 7.11 Å². The van der Waals surface area contributed by atoms with Crippen molar-refractivity contribution in [1.29, 1.82) is 0 Å². The first-order chi connectivity index (χ1) is 12.1. The number of methoxy groups -OCH3 is 1. The number of aryl methyl sites for hydroxylation is 1.